The first-order valence-corrected chi connectivity index (χ1v) is 13.9. The molecule has 0 saturated heterocycles. The summed E-state index contributed by atoms with van der Waals surface area (Å²) in [6, 6.07) is 0. The van der Waals surface area contributed by atoms with Gasteiger partial charge >= 0.3 is 17.9 Å². The van der Waals surface area contributed by atoms with Crippen LogP contribution < -0.4 is 0 Å². The van der Waals surface area contributed by atoms with Gasteiger partial charge in [0.05, 0.1) is 5.92 Å². The monoisotopic (exact) mass is 550 g/mol. The molecule has 0 unspecified atom stereocenters. The number of cyclic esters (lactones) is 2. The lowest BCUT2D eigenvalue weighted by atomic mass is 9.51. The van der Waals surface area contributed by atoms with Crippen molar-refractivity contribution in [1.82, 2.24) is 0 Å². The Morgan fingerprint density at radius 1 is 1.12 bits per heavy atom. The van der Waals surface area contributed by atoms with Crippen molar-refractivity contribution < 1.29 is 38.5 Å². The fourth-order valence-electron chi connectivity index (χ4n) is 7.90. The Kier molecular flexibility index (Phi) is 6.45. The summed E-state index contributed by atoms with van der Waals surface area (Å²) in [7, 11) is 0. The maximum Gasteiger partial charge on any atom is 0.333 e. The second-order valence-corrected chi connectivity index (χ2v) is 13.0. The Labute approximate surface area is 234 Å². The van der Waals surface area contributed by atoms with Gasteiger partial charge < -0.3 is 19.3 Å². The number of aliphatic hydroxyl groups is 1. The molecule has 1 fully saturated rings. The highest BCUT2D eigenvalue weighted by molar-refractivity contribution is 5.90. The molecule has 2 heterocycles. The molecule has 214 valence electrons. The maximum atomic E-state index is 14.0. The largest absolute Gasteiger partial charge is 0.462 e. The fourth-order valence-corrected chi connectivity index (χ4v) is 7.90. The van der Waals surface area contributed by atoms with Gasteiger partial charge in [-0.3, -0.25) is 9.59 Å². The van der Waals surface area contributed by atoms with Crippen molar-refractivity contribution in [3.8, 4) is 0 Å². The van der Waals surface area contributed by atoms with Crippen LogP contribution in [-0.4, -0.2) is 52.2 Å². The molecule has 0 amide bonds. The van der Waals surface area contributed by atoms with Crippen molar-refractivity contribution in [3.63, 3.8) is 0 Å². The zero-order valence-corrected chi connectivity index (χ0v) is 24.2. The standard InChI is InChI=1S/C32H38O8/c1-17-8-12-24(39-28(17)36)32(7,37)27-23(34)16-30(5)22-11-10-21-19(9-13-26(35)40-29(21,3)4)14-20(22)15-25(31(27,30)6)38-18(2)33/h8-11,13-14,21,24-25,27,37H,12,15-16H2,1-7H3/t21-,24-,25+,27+,30+,31-,32+/m1/s1. The minimum atomic E-state index is -1.72. The van der Waals surface area contributed by atoms with Gasteiger partial charge in [-0.2, -0.15) is 0 Å². The first kappa shape index (κ1) is 28.3. The Morgan fingerprint density at radius 3 is 2.48 bits per heavy atom. The molecule has 40 heavy (non-hydrogen) atoms. The topological polar surface area (TPSA) is 116 Å². The number of fused-ring (bicyclic) bond motifs is 3. The lowest BCUT2D eigenvalue weighted by Crippen LogP contribution is -2.61. The number of Topliss-reactive ketones (excluding diaryl/α,β-unsaturated/α-hetero) is 1. The van der Waals surface area contributed by atoms with Gasteiger partial charge in [-0.1, -0.05) is 44.2 Å². The summed E-state index contributed by atoms with van der Waals surface area (Å²) in [5, 5.41) is 12.1. The summed E-state index contributed by atoms with van der Waals surface area (Å²) >= 11 is 0. The summed E-state index contributed by atoms with van der Waals surface area (Å²) in [4.78, 5) is 51.1. The van der Waals surface area contributed by atoms with Crippen LogP contribution in [0.15, 0.2) is 58.7 Å². The highest BCUT2D eigenvalue weighted by Crippen LogP contribution is 2.67. The molecular weight excluding hydrogens is 512 g/mol. The molecule has 0 bridgehead atoms. The quantitative estimate of drug-likeness (QED) is 0.410. The van der Waals surface area contributed by atoms with Gasteiger partial charge in [0.15, 0.2) is 0 Å². The summed E-state index contributed by atoms with van der Waals surface area (Å²) in [6.07, 6.45) is 9.99. The third-order valence-corrected chi connectivity index (χ3v) is 10.1. The van der Waals surface area contributed by atoms with Gasteiger partial charge in [0.25, 0.3) is 0 Å². The normalized spacial score (nSPS) is 38.0. The Morgan fingerprint density at radius 2 is 1.82 bits per heavy atom. The summed E-state index contributed by atoms with van der Waals surface area (Å²) in [6.45, 7) is 12.2. The van der Waals surface area contributed by atoms with Crippen LogP contribution in [-0.2, 0) is 33.4 Å². The lowest BCUT2D eigenvalue weighted by Gasteiger charge is -2.55. The number of carbonyl (C=O) groups excluding carboxylic acids is 4. The zero-order valence-electron chi connectivity index (χ0n) is 24.2. The molecule has 2 aliphatic heterocycles. The van der Waals surface area contributed by atoms with Crippen molar-refractivity contribution in [3.05, 3.63) is 58.7 Å². The van der Waals surface area contributed by atoms with E-state index in [2.05, 4.69) is 0 Å². The first-order chi connectivity index (χ1) is 18.5. The van der Waals surface area contributed by atoms with Crippen LogP contribution in [0.25, 0.3) is 0 Å². The van der Waals surface area contributed by atoms with E-state index >= 15 is 0 Å². The molecule has 1 N–H and O–H groups in total. The molecule has 0 radical (unpaired) electrons. The average molecular weight is 551 g/mol. The van der Waals surface area contributed by atoms with Gasteiger partial charge in [-0.25, -0.2) is 9.59 Å². The number of esters is 3. The SMILES string of the molecule is CC(=O)O[C@H]1CC2=C(C=C[C@@H]3C(=C2)C=CC(=O)OC3(C)C)[C@]2(C)CC(=O)[C@H]([C@@](C)(O)[C@H]3CC=C(C)C(=O)O3)[C@@]12C. The van der Waals surface area contributed by atoms with Crippen LogP contribution in [0, 0.1) is 22.7 Å². The van der Waals surface area contributed by atoms with Crippen LogP contribution in [0.5, 0.6) is 0 Å². The van der Waals surface area contributed by atoms with E-state index in [0.717, 1.165) is 16.7 Å². The lowest BCUT2D eigenvalue weighted by molar-refractivity contribution is -0.197. The summed E-state index contributed by atoms with van der Waals surface area (Å²) in [5.74, 6) is -2.80. The van der Waals surface area contributed by atoms with Gasteiger partial charge in [0, 0.05) is 54.6 Å². The minimum absolute atomic E-state index is 0.114. The van der Waals surface area contributed by atoms with E-state index in [9.17, 15) is 24.3 Å². The summed E-state index contributed by atoms with van der Waals surface area (Å²) in [5.41, 5.74) is -1.19. The number of rotatable bonds is 3. The molecule has 0 spiro atoms. The second-order valence-electron chi connectivity index (χ2n) is 13.0. The van der Waals surface area contributed by atoms with E-state index in [1.807, 2.05) is 45.9 Å². The molecule has 0 aromatic carbocycles. The van der Waals surface area contributed by atoms with Crippen molar-refractivity contribution in [2.75, 3.05) is 0 Å². The highest BCUT2D eigenvalue weighted by Gasteiger charge is 2.71. The van der Waals surface area contributed by atoms with E-state index in [4.69, 9.17) is 14.2 Å². The molecule has 0 aromatic heterocycles. The highest BCUT2D eigenvalue weighted by atomic mass is 16.6. The number of hydrogen-bond acceptors (Lipinski definition) is 8. The molecule has 1 saturated carbocycles. The second kappa shape index (κ2) is 9.13. The molecule has 5 aliphatic rings. The van der Waals surface area contributed by atoms with Gasteiger partial charge in [0.1, 0.15) is 29.2 Å². The molecular formula is C32H38O8. The van der Waals surface area contributed by atoms with Crippen molar-refractivity contribution in [2.45, 2.75) is 91.1 Å². The van der Waals surface area contributed by atoms with Gasteiger partial charge in [-0.05, 0) is 44.4 Å². The predicted octanol–water partition coefficient (Wildman–Crippen LogP) is 4.24. The molecule has 0 aromatic rings. The molecule has 5 rings (SSSR count). The third-order valence-electron chi connectivity index (χ3n) is 10.1. The van der Waals surface area contributed by atoms with E-state index in [0.29, 0.717) is 12.0 Å². The van der Waals surface area contributed by atoms with Gasteiger partial charge in [-0.15, -0.1) is 0 Å². The number of hydrogen-bond donors (Lipinski definition) is 1. The predicted molar refractivity (Wildman–Crippen MR) is 145 cm³/mol. The number of allylic oxidation sites excluding steroid dienone is 4. The third kappa shape index (κ3) is 4.06. The van der Waals surface area contributed by atoms with Crippen molar-refractivity contribution in [1.29, 1.82) is 0 Å². The molecule has 7 atom stereocenters. The minimum Gasteiger partial charge on any atom is -0.462 e. The first-order valence-electron chi connectivity index (χ1n) is 13.9. The van der Waals surface area contributed by atoms with Crippen LogP contribution in [0.4, 0.5) is 0 Å². The Hall–Kier alpha value is -3.26. The molecule has 8 heteroatoms. The Balaban J connectivity index is 1.67. The van der Waals surface area contributed by atoms with Crippen LogP contribution in [0.2, 0.25) is 0 Å². The maximum absolute atomic E-state index is 14.0. The number of ketones is 1. The fraction of sp³-hybridized carbons (Fsp3) is 0.562. The van der Waals surface area contributed by atoms with Crippen LogP contribution in [0.3, 0.4) is 0 Å². The molecule has 3 aliphatic carbocycles. The van der Waals surface area contributed by atoms with Crippen LogP contribution >= 0.6 is 0 Å². The Bertz CT molecular complexity index is 1350. The van der Waals surface area contributed by atoms with Crippen LogP contribution in [0.1, 0.15) is 67.7 Å². The summed E-state index contributed by atoms with van der Waals surface area (Å²) < 4.78 is 17.3. The van der Waals surface area contributed by atoms with E-state index in [1.54, 1.807) is 26.0 Å². The van der Waals surface area contributed by atoms with Crippen molar-refractivity contribution in [2.24, 2.45) is 22.7 Å². The van der Waals surface area contributed by atoms with E-state index < -0.39 is 58.1 Å². The average Bonchev–Trinajstić information content (AvgIpc) is 2.93. The zero-order chi connectivity index (χ0) is 29.4. The number of carbonyl (C=O) groups is 4. The number of ether oxygens (including phenoxy) is 3. The van der Waals surface area contributed by atoms with Crippen molar-refractivity contribution >= 4 is 23.7 Å². The van der Waals surface area contributed by atoms with Gasteiger partial charge in [0.2, 0.25) is 0 Å². The van der Waals surface area contributed by atoms with E-state index in [1.165, 1.54) is 13.0 Å². The smallest absolute Gasteiger partial charge is 0.333 e. The van der Waals surface area contributed by atoms with E-state index in [-0.39, 0.29) is 24.5 Å². The molecule has 8 nitrogen and oxygen atoms in total.